The Morgan fingerprint density at radius 1 is 1.19 bits per heavy atom. The zero-order chi connectivity index (χ0) is 19.7. The largest absolute Gasteiger partial charge is 0.383 e. The van der Waals surface area contributed by atoms with Crippen LogP contribution in [-0.4, -0.2) is 27.0 Å². The highest BCUT2D eigenvalue weighted by atomic mass is 32.2. The summed E-state index contributed by atoms with van der Waals surface area (Å²) in [6.45, 7) is 5.79. The van der Waals surface area contributed by atoms with Crippen LogP contribution in [0.25, 0.3) is 10.2 Å². The summed E-state index contributed by atoms with van der Waals surface area (Å²) in [6.07, 6.45) is 0. The van der Waals surface area contributed by atoms with Crippen LogP contribution < -0.4 is 16.8 Å². The number of nitrogens with zero attached hydrogens (tertiary/aromatic N) is 2. The van der Waals surface area contributed by atoms with Crippen molar-refractivity contribution in [2.45, 2.75) is 31.2 Å². The number of nitrogens with two attached hydrogens (primary N) is 2. The summed E-state index contributed by atoms with van der Waals surface area (Å²) in [7, 11) is 0. The lowest BCUT2D eigenvalue weighted by Gasteiger charge is -2.12. The second-order valence-electron chi connectivity index (χ2n) is 6.05. The van der Waals surface area contributed by atoms with E-state index < -0.39 is 11.2 Å². The molecular weight excluding hydrogens is 382 g/mol. The SMILES string of the molecule is Cc1sc2nc(S[C@H](C)C(=O)Nc3ccc(C(N)=O)cc3)nc(N)c2c1C. The van der Waals surface area contributed by atoms with Crippen molar-refractivity contribution in [3.8, 4) is 0 Å². The number of hydrogen-bond acceptors (Lipinski definition) is 7. The minimum Gasteiger partial charge on any atom is -0.383 e. The number of carbonyl (C=O) groups is 2. The average molecular weight is 402 g/mol. The van der Waals surface area contributed by atoms with Crippen molar-refractivity contribution in [2.75, 3.05) is 11.1 Å². The molecule has 5 N–H and O–H groups in total. The van der Waals surface area contributed by atoms with Crippen LogP contribution in [0.1, 0.15) is 27.7 Å². The summed E-state index contributed by atoms with van der Waals surface area (Å²) >= 11 is 2.81. The van der Waals surface area contributed by atoms with Gasteiger partial charge in [-0.3, -0.25) is 9.59 Å². The summed E-state index contributed by atoms with van der Waals surface area (Å²) in [5.74, 6) is -0.285. The zero-order valence-electron chi connectivity index (χ0n) is 15.1. The van der Waals surface area contributed by atoms with E-state index in [4.69, 9.17) is 11.5 Å². The molecule has 0 aliphatic carbocycles. The molecule has 0 aliphatic rings. The van der Waals surface area contributed by atoms with E-state index in [0.29, 0.717) is 22.2 Å². The molecule has 3 rings (SSSR count). The van der Waals surface area contributed by atoms with E-state index in [-0.39, 0.29) is 5.91 Å². The molecule has 1 aromatic carbocycles. The van der Waals surface area contributed by atoms with Gasteiger partial charge in [0.05, 0.1) is 10.6 Å². The topological polar surface area (TPSA) is 124 Å². The number of carbonyl (C=O) groups excluding carboxylic acids is 2. The second-order valence-corrected chi connectivity index (χ2v) is 8.56. The van der Waals surface area contributed by atoms with Gasteiger partial charge in [0.15, 0.2) is 5.16 Å². The Labute approximate surface area is 164 Å². The predicted octanol–water partition coefficient (Wildman–Crippen LogP) is 3.11. The number of hydrogen-bond donors (Lipinski definition) is 3. The van der Waals surface area contributed by atoms with Gasteiger partial charge in [-0.1, -0.05) is 11.8 Å². The minimum atomic E-state index is -0.513. The predicted molar refractivity (Wildman–Crippen MR) is 110 cm³/mol. The molecule has 0 unspecified atom stereocenters. The van der Waals surface area contributed by atoms with Gasteiger partial charge in [0.25, 0.3) is 0 Å². The fourth-order valence-electron chi connectivity index (χ4n) is 2.49. The summed E-state index contributed by atoms with van der Waals surface area (Å²) < 4.78 is 0. The van der Waals surface area contributed by atoms with Gasteiger partial charge in [-0.15, -0.1) is 11.3 Å². The van der Waals surface area contributed by atoms with E-state index >= 15 is 0 Å². The number of aromatic nitrogens is 2. The van der Waals surface area contributed by atoms with Gasteiger partial charge in [-0.25, -0.2) is 9.97 Å². The Bertz CT molecular complexity index is 1030. The highest BCUT2D eigenvalue weighted by molar-refractivity contribution is 8.00. The summed E-state index contributed by atoms with van der Waals surface area (Å²) in [6, 6.07) is 6.39. The molecule has 27 heavy (non-hydrogen) atoms. The maximum atomic E-state index is 12.4. The van der Waals surface area contributed by atoms with E-state index in [9.17, 15) is 9.59 Å². The van der Waals surface area contributed by atoms with Crippen molar-refractivity contribution in [2.24, 2.45) is 5.73 Å². The van der Waals surface area contributed by atoms with Crippen molar-refractivity contribution >= 4 is 56.6 Å². The quantitative estimate of drug-likeness (QED) is 0.446. The van der Waals surface area contributed by atoms with Crippen molar-refractivity contribution in [3.63, 3.8) is 0 Å². The molecule has 2 amide bonds. The number of nitrogen functional groups attached to an aromatic ring is 1. The van der Waals surface area contributed by atoms with Crippen molar-refractivity contribution in [1.82, 2.24) is 9.97 Å². The summed E-state index contributed by atoms with van der Waals surface area (Å²) in [5.41, 5.74) is 13.4. The lowest BCUT2D eigenvalue weighted by Crippen LogP contribution is -2.22. The van der Waals surface area contributed by atoms with Crippen molar-refractivity contribution < 1.29 is 9.59 Å². The number of aryl methyl sites for hydroxylation is 2. The fourth-order valence-corrected chi connectivity index (χ4v) is 4.36. The van der Waals surface area contributed by atoms with Gasteiger partial charge in [0, 0.05) is 16.1 Å². The first-order chi connectivity index (χ1) is 12.8. The first-order valence-electron chi connectivity index (χ1n) is 8.17. The van der Waals surface area contributed by atoms with Gasteiger partial charge in [-0.2, -0.15) is 0 Å². The monoisotopic (exact) mass is 401 g/mol. The van der Waals surface area contributed by atoms with Crippen LogP contribution in [0, 0.1) is 13.8 Å². The molecule has 2 aromatic heterocycles. The summed E-state index contributed by atoms with van der Waals surface area (Å²) in [4.78, 5) is 34.4. The number of thioether (sulfide) groups is 1. The number of rotatable bonds is 5. The van der Waals surface area contributed by atoms with E-state index in [1.165, 1.54) is 11.8 Å². The highest BCUT2D eigenvalue weighted by Gasteiger charge is 2.19. The first-order valence-corrected chi connectivity index (χ1v) is 9.86. The van der Waals surface area contributed by atoms with Crippen LogP contribution in [0.15, 0.2) is 29.4 Å². The molecule has 0 spiro atoms. The third-order valence-electron chi connectivity index (χ3n) is 4.12. The Balaban J connectivity index is 1.72. The average Bonchev–Trinajstić information content (AvgIpc) is 2.89. The Kier molecular flexibility index (Phi) is 5.33. The Hall–Kier alpha value is -2.65. The van der Waals surface area contributed by atoms with Gasteiger partial charge < -0.3 is 16.8 Å². The number of amides is 2. The second kappa shape index (κ2) is 7.53. The Morgan fingerprint density at radius 2 is 1.85 bits per heavy atom. The lowest BCUT2D eigenvalue weighted by molar-refractivity contribution is -0.115. The smallest absolute Gasteiger partial charge is 0.248 e. The normalized spacial score (nSPS) is 12.1. The molecule has 0 aliphatic heterocycles. The van der Waals surface area contributed by atoms with Crippen LogP contribution in [0.2, 0.25) is 0 Å². The molecule has 9 heteroatoms. The molecular formula is C18H19N5O2S2. The molecule has 0 radical (unpaired) electrons. The molecule has 7 nitrogen and oxygen atoms in total. The zero-order valence-corrected chi connectivity index (χ0v) is 16.7. The van der Waals surface area contributed by atoms with Gasteiger partial charge in [-0.05, 0) is 50.6 Å². The van der Waals surface area contributed by atoms with E-state index in [0.717, 1.165) is 20.7 Å². The third kappa shape index (κ3) is 4.04. The van der Waals surface area contributed by atoms with Crippen LogP contribution in [-0.2, 0) is 4.79 Å². The van der Waals surface area contributed by atoms with Crippen LogP contribution >= 0.6 is 23.1 Å². The molecule has 0 bridgehead atoms. The van der Waals surface area contributed by atoms with E-state index in [2.05, 4.69) is 15.3 Å². The fraction of sp³-hybridized carbons (Fsp3) is 0.222. The number of anilines is 2. The van der Waals surface area contributed by atoms with Gasteiger partial charge in [0.2, 0.25) is 11.8 Å². The number of primary amides is 1. The van der Waals surface area contributed by atoms with Gasteiger partial charge >= 0.3 is 0 Å². The molecule has 140 valence electrons. The van der Waals surface area contributed by atoms with Crippen molar-refractivity contribution in [3.05, 3.63) is 40.3 Å². The van der Waals surface area contributed by atoms with Crippen LogP contribution in [0.5, 0.6) is 0 Å². The Morgan fingerprint density at radius 3 is 2.48 bits per heavy atom. The molecule has 0 fully saturated rings. The molecule has 2 heterocycles. The maximum Gasteiger partial charge on any atom is 0.248 e. The number of thiophene rings is 1. The molecule has 0 saturated carbocycles. The molecule has 1 atom stereocenters. The molecule has 0 saturated heterocycles. The lowest BCUT2D eigenvalue weighted by atomic mass is 10.2. The minimum absolute atomic E-state index is 0.201. The van der Waals surface area contributed by atoms with Crippen LogP contribution in [0.4, 0.5) is 11.5 Å². The van der Waals surface area contributed by atoms with Crippen molar-refractivity contribution in [1.29, 1.82) is 0 Å². The number of fused-ring (bicyclic) bond motifs is 1. The first kappa shape index (κ1) is 19.1. The highest BCUT2D eigenvalue weighted by Crippen LogP contribution is 2.34. The molecule has 3 aromatic rings. The number of nitrogens with one attached hydrogen (secondary N) is 1. The van der Waals surface area contributed by atoms with E-state index in [1.54, 1.807) is 42.5 Å². The van der Waals surface area contributed by atoms with E-state index in [1.807, 2.05) is 13.8 Å². The van der Waals surface area contributed by atoms with Gasteiger partial charge in [0.1, 0.15) is 10.6 Å². The number of benzene rings is 1. The van der Waals surface area contributed by atoms with Crippen LogP contribution in [0.3, 0.4) is 0 Å². The summed E-state index contributed by atoms with van der Waals surface area (Å²) in [5, 5.41) is 3.71. The standard InChI is InChI=1S/C18H19N5O2S2/c1-8-9(2)26-17-13(8)14(19)22-18(23-17)27-10(3)16(25)21-12-6-4-11(5-7-12)15(20)24/h4-7,10H,1-3H3,(H2,20,24)(H,21,25)(H2,19,22,23)/t10-/m1/s1. The third-order valence-corrected chi connectivity index (χ3v) is 6.19. The maximum absolute atomic E-state index is 12.4.